The average molecular weight is 421 g/mol. The van der Waals surface area contributed by atoms with Crippen molar-refractivity contribution in [2.75, 3.05) is 5.32 Å². The molecular formula is C22H23N5O4. The van der Waals surface area contributed by atoms with E-state index in [9.17, 15) is 19.2 Å². The number of hydrogen-bond donors (Lipinski definition) is 2. The number of hydrogen-bond acceptors (Lipinski definition) is 6. The first kappa shape index (κ1) is 20.6. The topological polar surface area (TPSA) is 121 Å². The van der Waals surface area contributed by atoms with E-state index in [1.54, 1.807) is 18.3 Å². The average Bonchev–Trinajstić information content (AvgIpc) is 3.03. The van der Waals surface area contributed by atoms with Gasteiger partial charge in [0, 0.05) is 29.5 Å². The molecule has 1 fully saturated rings. The van der Waals surface area contributed by atoms with Crippen molar-refractivity contribution >= 4 is 29.4 Å². The summed E-state index contributed by atoms with van der Waals surface area (Å²) in [5.41, 5.74) is 2.16. The lowest BCUT2D eigenvalue weighted by Gasteiger charge is -2.29. The maximum atomic E-state index is 12.8. The second-order valence-electron chi connectivity index (χ2n) is 8.76. The molecule has 2 aliphatic heterocycles. The lowest BCUT2D eigenvalue weighted by atomic mass is 9.96. The molecule has 1 unspecified atom stereocenters. The summed E-state index contributed by atoms with van der Waals surface area (Å²) in [6, 6.07) is 4.71. The molecule has 9 heteroatoms. The molecule has 1 atom stereocenters. The highest BCUT2D eigenvalue weighted by molar-refractivity contribution is 6.05. The molecule has 0 aliphatic carbocycles. The van der Waals surface area contributed by atoms with E-state index in [2.05, 4.69) is 20.6 Å². The first-order chi connectivity index (χ1) is 14.6. The van der Waals surface area contributed by atoms with Crippen LogP contribution in [0.15, 0.2) is 30.6 Å². The number of fused-ring (bicyclic) bond motifs is 1. The molecule has 1 aromatic heterocycles. The van der Waals surface area contributed by atoms with E-state index in [4.69, 9.17) is 0 Å². The number of imide groups is 1. The second kappa shape index (κ2) is 7.57. The lowest BCUT2D eigenvalue weighted by Crippen LogP contribution is -2.52. The van der Waals surface area contributed by atoms with Gasteiger partial charge in [0.2, 0.25) is 17.7 Å². The summed E-state index contributed by atoms with van der Waals surface area (Å²) < 4.78 is 0. The van der Waals surface area contributed by atoms with Crippen molar-refractivity contribution < 1.29 is 19.2 Å². The van der Waals surface area contributed by atoms with Gasteiger partial charge in [-0.05, 0) is 24.1 Å². The summed E-state index contributed by atoms with van der Waals surface area (Å²) in [4.78, 5) is 58.6. The molecule has 4 rings (SSSR count). The van der Waals surface area contributed by atoms with Crippen LogP contribution in [0.3, 0.4) is 0 Å². The Balaban J connectivity index is 1.51. The number of benzene rings is 1. The standard InChI is InChI=1S/C22H23N5O4/c1-22(2,3)21(31)25-17-10-23-15(9-24-17)12-4-5-14-13(8-12)11-27(20(14)30)16-6-7-18(28)26-19(16)29/h4-5,8-10,16H,6-7,11H2,1-3H3,(H,24,25,31)(H,26,28,29). The van der Waals surface area contributed by atoms with Crippen LogP contribution in [0.5, 0.6) is 0 Å². The van der Waals surface area contributed by atoms with Gasteiger partial charge in [-0.1, -0.05) is 26.8 Å². The molecule has 2 aliphatic rings. The number of carbonyl (C=O) groups excluding carboxylic acids is 4. The third-order valence-electron chi connectivity index (χ3n) is 5.39. The van der Waals surface area contributed by atoms with Crippen LogP contribution in [0.4, 0.5) is 5.82 Å². The minimum absolute atomic E-state index is 0.154. The van der Waals surface area contributed by atoms with Crippen molar-refractivity contribution in [2.45, 2.75) is 46.2 Å². The third kappa shape index (κ3) is 4.03. The molecular weight excluding hydrogens is 398 g/mol. The summed E-state index contributed by atoms with van der Waals surface area (Å²) in [5.74, 6) is -0.754. The Morgan fingerprint density at radius 1 is 1.16 bits per heavy atom. The SMILES string of the molecule is CC(C)(C)C(=O)Nc1cnc(-c2ccc3c(c2)CN(C2CCC(=O)NC2=O)C3=O)cn1. The first-order valence-corrected chi connectivity index (χ1v) is 10.0. The summed E-state index contributed by atoms with van der Waals surface area (Å²) in [6.07, 6.45) is 3.60. The fourth-order valence-electron chi connectivity index (χ4n) is 3.58. The molecule has 1 aromatic carbocycles. The highest BCUT2D eigenvalue weighted by atomic mass is 16.2. The van der Waals surface area contributed by atoms with Crippen LogP contribution < -0.4 is 10.6 Å². The summed E-state index contributed by atoms with van der Waals surface area (Å²) in [5, 5.41) is 5.03. The molecule has 0 spiro atoms. The van der Waals surface area contributed by atoms with E-state index in [0.29, 0.717) is 30.0 Å². The Morgan fingerprint density at radius 2 is 1.94 bits per heavy atom. The zero-order valence-electron chi connectivity index (χ0n) is 17.6. The van der Waals surface area contributed by atoms with Gasteiger partial charge in [-0.25, -0.2) is 4.98 Å². The number of piperidine rings is 1. The van der Waals surface area contributed by atoms with E-state index in [0.717, 1.165) is 11.1 Å². The Bertz CT molecular complexity index is 1090. The van der Waals surface area contributed by atoms with Gasteiger partial charge in [0.25, 0.3) is 5.91 Å². The Morgan fingerprint density at radius 3 is 2.58 bits per heavy atom. The minimum atomic E-state index is -0.647. The van der Waals surface area contributed by atoms with Crippen LogP contribution in [0, 0.1) is 5.41 Å². The van der Waals surface area contributed by atoms with Crippen LogP contribution in [0.1, 0.15) is 49.5 Å². The fraction of sp³-hybridized carbons (Fsp3) is 0.364. The maximum Gasteiger partial charge on any atom is 0.255 e. The van der Waals surface area contributed by atoms with Crippen LogP contribution in [0.25, 0.3) is 11.3 Å². The normalized spacial score (nSPS) is 18.6. The van der Waals surface area contributed by atoms with Gasteiger partial charge < -0.3 is 10.2 Å². The molecule has 160 valence electrons. The molecule has 0 radical (unpaired) electrons. The maximum absolute atomic E-state index is 12.8. The number of nitrogens with one attached hydrogen (secondary N) is 2. The van der Waals surface area contributed by atoms with Crippen LogP contribution in [-0.2, 0) is 20.9 Å². The molecule has 1 saturated heterocycles. The lowest BCUT2D eigenvalue weighted by molar-refractivity contribution is -0.137. The predicted molar refractivity (Wildman–Crippen MR) is 112 cm³/mol. The fourth-order valence-corrected chi connectivity index (χ4v) is 3.58. The van der Waals surface area contributed by atoms with Crippen LogP contribution in [-0.4, -0.2) is 44.5 Å². The van der Waals surface area contributed by atoms with E-state index in [-0.39, 0.29) is 24.1 Å². The molecule has 9 nitrogen and oxygen atoms in total. The van der Waals surface area contributed by atoms with Gasteiger partial charge >= 0.3 is 0 Å². The molecule has 0 bridgehead atoms. The third-order valence-corrected chi connectivity index (χ3v) is 5.39. The molecule has 2 N–H and O–H groups in total. The molecule has 0 saturated carbocycles. The van der Waals surface area contributed by atoms with Crippen molar-refractivity contribution in [3.8, 4) is 11.3 Å². The van der Waals surface area contributed by atoms with Crippen LogP contribution >= 0.6 is 0 Å². The van der Waals surface area contributed by atoms with E-state index < -0.39 is 17.4 Å². The van der Waals surface area contributed by atoms with Crippen molar-refractivity contribution in [2.24, 2.45) is 5.41 Å². The van der Waals surface area contributed by atoms with Crippen molar-refractivity contribution in [3.05, 3.63) is 41.7 Å². The van der Waals surface area contributed by atoms with E-state index >= 15 is 0 Å². The monoisotopic (exact) mass is 421 g/mol. The van der Waals surface area contributed by atoms with Gasteiger partial charge in [-0.3, -0.25) is 29.5 Å². The quantitative estimate of drug-likeness (QED) is 0.730. The highest BCUT2D eigenvalue weighted by Crippen LogP contribution is 2.30. The number of carbonyl (C=O) groups is 4. The van der Waals surface area contributed by atoms with E-state index in [1.165, 1.54) is 11.1 Å². The molecule has 31 heavy (non-hydrogen) atoms. The first-order valence-electron chi connectivity index (χ1n) is 10.0. The number of aromatic nitrogens is 2. The Hall–Kier alpha value is -3.62. The molecule has 2 aromatic rings. The molecule has 4 amide bonds. The summed E-state index contributed by atoms with van der Waals surface area (Å²) >= 11 is 0. The van der Waals surface area contributed by atoms with Crippen molar-refractivity contribution in [1.29, 1.82) is 0 Å². The highest BCUT2D eigenvalue weighted by Gasteiger charge is 2.39. The largest absolute Gasteiger partial charge is 0.322 e. The Labute approximate surface area is 179 Å². The molecule has 3 heterocycles. The number of rotatable bonds is 3. The zero-order valence-corrected chi connectivity index (χ0v) is 17.6. The van der Waals surface area contributed by atoms with E-state index in [1.807, 2.05) is 26.8 Å². The van der Waals surface area contributed by atoms with Gasteiger partial charge in [0.15, 0.2) is 5.82 Å². The summed E-state index contributed by atoms with van der Waals surface area (Å²) in [6.45, 7) is 5.73. The van der Waals surface area contributed by atoms with Crippen molar-refractivity contribution in [1.82, 2.24) is 20.2 Å². The van der Waals surface area contributed by atoms with Gasteiger partial charge in [-0.2, -0.15) is 0 Å². The van der Waals surface area contributed by atoms with Crippen molar-refractivity contribution in [3.63, 3.8) is 0 Å². The van der Waals surface area contributed by atoms with Gasteiger partial charge in [0.1, 0.15) is 6.04 Å². The van der Waals surface area contributed by atoms with Crippen LogP contribution in [0.2, 0.25) is 0 Å². The predicted octanol–water partition coefficient (Wildman–Crippen LogP) is 1.89. The summed E-state index contributed by atoms with van der Waals surface area (Å²) in [7, 11) is 0. The van der Waals surface area contributed by atoms with Gasteiger partial charge in [-0.15, -0.1) is 0 Å². The number of nitrogens with zero attached hydrogens (tertiary/aromatic N) is 3. The zero-order chi connectivity index (χ0) is 22.3. The number of amides is 4. The van der Waals surface area contributed by atoms with Gasteiger partial charge in [0.05, 0.1) is 18.1 Å². The minimum Gasteiger partial charge on any atom is -0.322 e. The Kier molecular flexibility index (Phi) is 5.04. The number of anilines is 1. The second-order valence-corrected chi connectivity index (χ2v) is 8.76. The smallest absolute Gasteiger partial charge is 0.255 e.